The zero-order valence-corrected chi connectivity index (χ0v) is 14.1. The predicted octanol–water partition coefficient (Wildman–Crippen LogP) is 4.99. The van der Waals surface area contributed by atoms with Crippen LogP contribution in [0.25, 0.3) is 0 Å². The molecule has 0 fully saturated rings. The van der Waals surface area contributed by atoms with Gasteiger partial charge in [-0.2, -0.15) is 0 Å². The molecule has 0 N–H and O–H groups in total. The largest absolute Gasteiger partial charge is 0.469 e. The molecule has 1 aliphatic rings. The van der Waals surface area contributed by atoms with Crippen LogP contribution in [0.4, 0.5) is 0 Å². The van der Waals surface area contributed by atoms with Crippen molar-refractivity contribution in [3.8, 4) is 0 Å². The zero-order valence-electron chi connectivity index (χ0n) is 14.1. The van der Waals surface area contributed by atoms with Gasteiger partial charge in [0.15, 0.2) is 0 Å². The molecule has 0 spiro atoms. The lowest BCUT2D eigenvalue weighted by molar-refractivity contribution is -0.145. The highest BCUT2D eigenvalue weighted by atomic mass is 16.5. The molecular formula is C19H32O3. The Bertz CT molecular complexity index is 347. The van der Waals surface area contributed by atoms with E-state index in [1.54, 1.807) is 0 Å². The molecule has 0 amide bonds. The lowest BCUT2D eigenvalue weighted by Crippen LogP contribution is -2.15. The van der Waals surface area contributed by atoms with Gasteiger partial charge in [-0.15, -0.1) is 0 Å². The summed E-state index contributed by atoms with van der Waals surface area (Å²) in [5.41, 5.74) is 0. The van der Waals surface area contributed by atoms with Gasteiger partial charge in [-0.3, -0.25) is 9.59 Å². The topological polar surface area (TPSA) is 43.4 Å². The van der Waals surface area contributed by atoms with Crippen LogP contribution in [0.1, 0.15) is 83.5 Å². The highest BCUT2D eigenvalue weighted by Crippen LogP contribution is 2.18. The van der Waals surface area contributed by atoms with Crippen LogP contribution < -0.4 is 0 Å². The molecule has 1 unspecified atom stereocenters. The van der Waals surface area contributed by atoms with Crippen molar-refractivity contribution in [2.45, 2.75) is 83.5 Å². The third-order valence-electron chi connectivity index (χ3n) is 4.46. The summed E-state index contributed by atoms with van der Waals surface area (Å²) in [4.78, 5) is 23.6. The van der Waals surface area contributed by atoms with Crippen LogP contribution in [0.2, 0.25) is 0 Å². The van der Waals surface area contributed by atoms with Crippen LogP contribution >= 0.6 is 0 Å². The third-order valence-corrected chi connectivity index (χ3v) is 4.46. The van der Waals surface area contributed by atoms with Gasteiger partial charge in [-0.1, -0.05) is 44.3 Å². The molecule has 0 aromatic carbocycles. The van der Waals surface area contributed by atoms with E-state index in [4.69, 9.17) is 4.74 Å². The fourth-order valence-electron chi connectivity index (χ4n) is 3.01. The number of ketones is 1. The first kappa shape index (κ1) is 18.9. The number of methoxy groups -OCH3 is 1. The Kier molecular flexibility index (Phi) is 10.7. The van der Waals surface area contributed by atoms with Crippen LogP contribution in [0, 0.1) is 5.92 Å². The van der Waals surface area contributed by atoms with E-state index in [1.807, 2.05) is 0 Å². The number of esters is 1. The van der Waals surface area contributed by atoms with Gasteiger partial charge in [0, 0.05) is 12.8 Å². The van der Waals surface area contributed by atoms with Crippen LogP contribution in [0.3, 0.4) is 0 Å². The van der Waals surface area contributed by atoms with E-state index in [1.165, 1.54) is 32.8 Å². The number of rotatable bonds is 1. The van der Waals surface area contributed by atoms with Gasteiger partial charge in [0.05, 0.1) is 13.0 Å². The van der Waals surface area contributed by atoms with E-state index in [0.29, 0.717) is 12.2 Å². The van der Waals surface area contributed by atoms with Gasteiger partial charge in [-0.25, -0.2) is 0 Å². The van der Waals surface area contributed by atoms with E-state index >= 15 is 0 Å². The van der Waals surface area contributed by atoms with Gasteiger partial charge in [-0.05, 0) is 38.5 Å². The minimum absolute atomic E-state index is 0.0207. The van der Waals surface area contributed by atoms with Crippen molar-refractivity contribution in [3.05, 3.63) is 12.2 Å². The second-order valence-electron chi connectivity index (χ2n) is 6.37. The lowest BCUT2D eigenvalue weighted by atomic mass is 9.96. The summed E-state index contributed by atoms with van der Waals surface area (Å²) in [5.74, 6) is 0.293. The van der Waals surface area contributed by atoms with Crippen molar-refractivity contribution in [1.82, 2.24) is 0 Å². The molecule has 0 saturated heterocycles. The summed E-state index contributed by atoms with van der Waals surface area (Å²) in [7, 11) is 1.47. The summed E-state index contributed by atoms with van der Waals surface area (Å²) in [6.07, 6.45) is 17.4. The van der Waals surface area contributed by atoms with Crippen LogP contribution in [0.15, 0.2) is 12.2 Å². The summed E-state index contributed by atoms with van der Waals surface area (Å²) in [6.45, 7) is 0. The highest BCUT2D eigenvalue weighted by Gasteiger charge is 2.17. The lowest BCUT2D eigenvalue weighted by Gasteiger charge is -2.12. The number of carbonyl (C=O) groups excluding carboxylic acids is 2. The summed E-state index contributed by atoms with van der Waals surface area (Å²) >= 11 is 0. The van der Waals surface area contributed by atoms with Crippen LogP contribution in [-0.2, 0) is 14.3 Å². The van der Waals surface area contributed by atoms with Crippen molar-refractivity contribution in [2.75, 3.05) is 7.11 Å². The molecule has 1 atom stereocenters. The molecule has 3 heteroatoms. The van der Waals surface area contributed by atoms with E-state index in [0.717, 1.165) is 51.4 Å². The van der Waals surface area contributed by atoms with Crippen molar-refractivity contribution in [3.63, 3.8) is 0 Å². The number of carbonyl (C=O) groups is 2. The molecule has 0 aromatic rings. The first-order valence-corrected chi connectivity index (χ1v) is 8.98. The maximum absolute atomic E-state index is 11.8. The second-order valence-corrected chi connectivity index (χ2v) is 6.37. The fourth-order valence-corrected chi connectivity index (χ4v) is 3.01. The molecule has 3 nitrogen and oxygen atoms in total. The van der Waals surface area contributed by atoms with E-state index in [9.17, 15) is 9.59 Å². The molecule has 126 valence electrons. The van der Waals surface area contributed by atoms with Gasteiger partial charge >= 0.3 is 5.97 Å². The monoisotopic (exact) mass is 308 g/mol. The second kappa shape index (κ2) is 12.4. The molecule has 0 aromatic heterocycles. The summed E-state index contributed by atoms with van der Waals surface area (Å²) in [5, 5.41) is 0. The molecule has 1 rings (SSSR count). The first-order chi connectivity index (χ1) is 10.7. The Morgan fingerprint density at radius 1 is 0.955 bits per heavy atom. The predicted molar refractivity (Wildman–Crippen MR) is 89.7 cm³/mol. The van der Waals surface area contributed by atoms with Crippen molar-refractivity contribution < 1.29 is 14.3 Å². The van der Waals surface area contributed by atoms with Gasteiger partial charge in [0.25, 0.3) is 0 Å². The molecule has 22 heavy (non-hydrogen) atoms. The molecular weight excluding hydrogens is 276 g/mol. The Balaban J connectivity index is 2.44. The zero-order chi connectivity index (χ0) is 16.0. The molecule has 1 aliphatic carbocycles. The van der Waals surface area contributed by atoms with Crippen molar-refractivity contribution in [2.24, 2.45) is 5.92 Å². The van der Waals surface area contributed by atoms with Gasteiger partial charge in [0.2, 0.25) is 0 Å². The van der Waals surface area contributed by atoms with Crippen molar-refractivity contribution in [1.29, 1.82) is 0 Å². The average Bonchev–Trinajstić information content (AvgIpc) is 2.53. The number of hydrogen-bond donors (Lipinski definition) is 0. The minimum Gasteiger partial charge on any atom is -0.469 e. The van der Waals surface area contributed by atoms with Crippen molar-refractivity contribution >= 4 is 11.8 Å². The fraction of sp³-hybridized carbons (Fsp3) is 0.789. The normalized spacial score (nSPS) is 23.7. The quantitative estimate of drug-likeness (QED) is 0.506. The summed E-state index contributed by atoms with van der Waals surface area (Å²) < 4.78 is 4.90. The Morgan fingerprint density at radius 3 is 2.32 bits per heavy atom. The average molecular weight is 308 g/mol. The first-order valence-electron chi connectivity index (χ1n) is 8.98. The maximum atomic E-state index is 11.8. The third kappa shape index (κ3) is 9.01. The van der Waals surface area contributed by atoms with Crippen LogP contribution in [-0.4, -0.2) is 18.9 Å². The van der Waals surface area contributed by atoms with E-state index in [2.05, 4.69) is 12.2 Å². The molecule has 0 bridgehead atoms. The molecule has 0 radical (unpaired) electrons. The van der Waals surface area contributed by atoms with E-state index in [-0.39, 0.29) is 11.9 Å². The van der Waals surface area contributed by atoms with E-state index < -0.39 is 0 Å². The number of Topliss-reactive ketones (excluding diaryl/α,β-unsaturated/α-hetero) is 1. The minimum atomic E-state index is -0.0985. The van der Waals surface area contributed by atoms with Gasteiger partial charge < -0.3 is 4.74 Å². The standard InChI is InChI=1S/C19H32O3/c1-22-19(21)17-13-9-6-4-2-3-5-7-11-15-18(20)16-12-8-10-14-17/h6,9,17H,2-5,7-8,10-16H2,1H3. The summed E-state index contributed by atoms with van der Waals surface area (Å²) in [6, 6.07) is 0. The number of hydrogen-bond acceptors (Lipinski definition) is 3. The molecule has 0 heterocycles. The Morgan fingerprint density at radius 2 is 1.59 bits per heavy atom. The number of allylic oxidation sites excluding steroid dienone is 2. The van der Waals surface area contributed by atoms with Gasteiger partial charge in [0.1, 0.15) is 5.78 Å². The maximum Gasteiger partial charge on any atom is 0.308 e. The molecule has 0 aliphatic heterocycles. The Labute approximate surface area is 135 Å². The SMILES string of the molecule is COC(=O)C1CC=CCCCCCCCC(=O)CCCCC1. The number of ether oxygens (including phenoxy) is 1. The smallest absolute Gasteiger partial charge is 0.308 e. The van der Waals surface area contributed by atoms with Crippen LogP contribution in [0.5, 0.6) is 0 Å². The molecule has 0 saturated carbocycles. The highest BCUT2D eigenvalue weighted by molar-refractivity contribution is 5.78. The Hall–Kier alpha value is -1.12.